The monoisotopic (exact) mass is 262 g/mol. The molecule has 19 heavy (non-hydrogen) atoms. The average Bonchev–Trinajstić information content (AvgIpc) is 2.59. The number of hydrogen-bond donors (Lipinski definition) is 2. The lowest BCUT2D eigenvalue weighted by Gasteiger charge is -2.24. The van der Waals surface area contributed by atoms with Gasteiger partial charge in [0.05, 0.1) is 6.04 Å². The van der Waals surface area contributed by atoms with Gasteiger partial charge in [-0.3, -0.25) is 9.59 Å². The summed E-state index contributed by atoms with van der Waals surface area (Å²) in [6.07, 6.45) is 1.20. The first kappa shape index (κ1) is 13.5. The lowest BCUT2D eigenvalue weighted by atomic mass is 10.1. The number of carbonyl (C=O) groups excluding carboxylic acids is 1. The molecule has 0 saturated carbocycles. The van der Waals surface area contributed by atoms with Gasteiger partial charge >= 0.3 is 5.97 Å². The Kier molecular flexibility index (Phi) is 4.52. The van der Waals surface area contributed by atoms with E-state index in [4.69, 9.17) is 5.11 Å². The number of hydrogen-bond acceptors (Lipinski definition) is 3. The first-order valence-electron chi connectivity index (χ1n) is 6.50. The zero-order valence-electron chi connectivity index (χ0n) is 10.7. The van der Waals surface area contributed by atoms with E-state index in [2.05, 4.69) is 5.32 Å². The van der Waals surface area contributed by atoms with Crippen LogP contribution in [0.3, 0.4) is 0 Å². The normalized spacial score (nSPS) is 20.1. The van der Waals surface area contributed by atoms with E-state index in [1.54, 1.807) is 4.90 Å². The van der Waals surface area contributed by atoms with Gasteiger partial charge in [0.15, 0.2) is 0 Å². The molecular formula is C14H18N2O3. The van der Waals surface area contributed by atoms with Crippen LogP contribution < -0.4 is 10.2 Å². The summed E-state index contributed by atoms with van der Waals surface area (Å²) in [6.45, 7) is 1.40. The molecule has 1 unspecified atom stereocenters. The second kappa shape index (κ2) is 6.33. The highest BCUT2D eigenvalue weighted by Gasteiger charge is 2.27. The van der Waals surface area contributed by atoms with E-state index in [-0.39, 0.29) is 12.3 Å². The van der Waals surface area contributed by atoms with E-state index < -0.39 is 12.0 Å². The third-order valence-electron chi connectivity index (χ3n) is 3.23. The molecule has 1 aliphatic rings. The second-order valence-corrected chi connectivity index (χ2v) is 4.62. The maximum Gasteiger partial charge on any atom is 0.303 e. The van der Waals surface area contributed by atoms with Gasteiger partial charge in [-0.05, 0) is 31.5 Å². The Balaban J connectivity index is 2.11. The third kappa shape index (κ3) is 3.54. The lowest BCUT2D eigenvalue weighted by molar-refractivity contribution is -0.137. The van der Waals surface area contributed by atoms with E-state index in [0.717, 1.165) is 18.7 Å². The van der Waals surface area contributed by atoms with Crippen molar-refractivity contribution in [3.8, 4) is 0 Å². The van der Waals surface area contributed by atoms with Gasteiger partial charge in [0.2, 0.25) is 5.91 Å². The van der Waals surface area contributed by atoms with Crippen LogP contribution in [-0.2, 0) is 9.59 Å². The summed E-state index contributed by atoms with van der Waals surface area (Å²) in [6, 6.07) is 9.10. The Morgan fingerprint density at radius 1 is 1.37 bits per heavy atom. The maximum atomic E-state index is 12.4. The van der Waals surface area contributed by atoms with Crippen molar-refractivity contribution in [2.45, 2.75) is 25.3 Å². The highest BCUT2D eigenvalue weighted by Crippen LogP contribution is 2.18. The summed E-state index contributed by atoms with van der Waals surface area (Å²) < 4.78 is 0. The lowest BCUT2D eigenvalue weighted by Crippen LogP contribution is -2.44. The summed E-state index contributed by atoms with van der Waals surface area (Å²) in [5.41, 5.74) is 0.872. The molecule has 1 saturated heterocycles. The standard InChI is InChI=1S/C14H18N2O3/c17-13(18)8-7-12-14(19)16(10-4-9-15-12)11-5-2-1-3-6-11/h1-3,5-6,12,15H,4,7-10H2,(H,17,18). The molecule has 5 heteroatoms. The number of carbonyl (C=O) groups is 2. The van der Waals surface area contributed by atoms with Crippen molar-refractivity contribution in [3.05, 3.63) is 30.3 Å². The maximum absolute atomic E-state index is 12.4. The molecule has 102 valence electrons. The Morgan fingerprint density at radius 2 is 2.11 bits per heavy atom. The minimum absolute atomic E-state index is 0.00599. The van der Waals surface area contributed by atoms with Crippen LogP contribution in [0.4, 0.5) is 5.69 Å². The molecule has 0 bridgehead atoms. The van der Waals surface area contributed by atoms with Gasteiger partial charge in [-0.2, -0.15) is 0 Å². The molecule has 0 aliphatic carbocycles. The highest BCUT2D eigenvalue weighted by atomic mass is 16.4. The van der Waals surface area contributed by atoms with E-state index in [1.165, 1.54) is 0 Å². The topological polar surface area (TPSA) is 69.6 Å². The summed E-state index contributed by atoms with van der Waals surface area (Å²) in [4.78, 5) is 24.8. The first-order chi connectivity index (χ1) is 9.18. The molecule has 1 heterocycles. The average molecular weight is 262 g/mol. The zero-order valence-corrected chi connectivity index (χ0v) is 10.7. The molecular weight excluding hydrogens is 244 g/mol. The van der Waals surface area contributed by atoms with Crippen LogP contribution in [0.25, 0.3) is 0 Å². The van der Waals surface area contributed by atoms with Crippen LogP contribution in [0.2, 0.25) is 0 Å². The largest absolute Gasteiger partial charge is 0.481 e. The fourth-order valence-corrected chi connectivity index (χ4v) is 2.26. The number of benzene rings is 1. The molecule has 1 amide bonds. The molecule has 0 spiro atoms. The minimum Gasteiger partial charge on any atom is -0.481 e. The van der Waals surface area contributed by atoms with Crippen LogP contribution in [0.15, 0.2) is 30.3 Å². The number of carboxylic acids is 1. The quantitative estimate of drug-likeness (QED) is 0.856. The predicted octanol–water partition coefficient (Wildman–Crippen LogP) is 1.25. The summed E-state index contributed by atoms with van der Waals surface area (Å²) in [5, 5.41) is 11.9. The minimum atomic E-state index is -0.870. The smallest absolute Gasteiger partial charge is 0.303 e. The molecule has 0 aromatic heterocycles. The fraction of sp³-hybridized carbons (Fsp3) is 0.429. The molecule has 5 nitrogen and oxygen atoms in total. The Hall–Kier alpha value is -1.88. The van der Waals surface area contributed by atoms with Crippen LogP contribution in [0, 0.1) is 0 Å². The van der Waals surface area contributed by atoms with Gasteiger partial charge in [-0.1, -0.05) is 18.2 Å². The highest BCUT2D eigenvalue weighted by molar-refractivity contribution is 5.97. The predicted molar refractivity (Wildman–Crippen MR) is 72.1 cm³/mol. The number of nitrogens with one attached hydrogen (secondary N) is 1. The van der Waals surface area contributed by atoms with Crippen LogP contribution in [0.5, 0.6) is 0 Å². The Labute approximate surface area is 112 Å². The van der Waals surface area contributed by atoms with Gasteiger partial charge in [0.25, 0.3) is 0 Å². The van der Waals surface area contributed by atoms with E-state index in [0.29, 0.717) is 13.0 Å². The van der Waals surface area contributed by atoms with Gasteiger partial charge in [0.1, 0.15) is 0 Å². The molecule has 1 aromatic carbocycles. The number of carboxylic acid groups (broad SMARTS) is 1. The van der Waals surface area contributed by atoms with Crippen molar-refractivity contribution in [3.63, 3.8) is 0 Å². The fourth-order valence-electron chi connectivity index (χ4n) is 2.26. The zero-order chi connectivity index (χ0) is 13.7. The third-order valence-corrected chi connectivity index (χ3v) is 3.23. The SMILES string of the molecule is O=C(O)CCC1NCCCN(c2ccccc2)C1=O. The summed E-state index contributed by atoms with van der Waals surface area (Å²) in [7, 11) is 0. The summed E-state index contributed by atoms with van der Waals surface area (Å²) in [5.74, 6) is -0.907. The molecule has 0 radical (unpaired) electrons. The summed E-state index contributed by atoms with van der Waals surface area (Å²) >= 11 is 0. The Morgan fingerprint density at radius 3 is 2.79 bits per heavy atom. The second-order valence-electron chi connectivity index (χ2n) is 4.62. The molecule has 1 atom stereocenters. The molecule has 2 rings (SSSR count). The Bertz CT molecular complexity index is 447. The van der Waals surface area contributed by atoms with Crippen LogP contribution in [0.1, 0.15) is 19.3 Å². The van der Waals surface area contributed by atoms with Crippen molar-refractivity contribution < 1.29 is 14.7 Å². The van der Waals surface area contributed by atoms with Crippen molar-refractivity contribution in [1.29, 1.82) is 0 Å². The number of rotatable bonds is 4. The number of anilines is 1. The van der Waals surface area contributed by atoms with Gasteiger partial charge < -0.3 is 15.3 Å². The van der Waals surface area contributed by atoms with E-state index >= 15 is 0 Å². The molecule has 1 fully saturated rings. The van der Waals surface area contributed by atoms with E-state index in [9.17, 15) is 9.59 Å². The first-order valence-corrected chi connectivity index (χ1v) is 6.50. The van der Waals surface area contributed by atoms with Crippen molar-refractivity contribution in [2.75, 3.05) is 18.0 Å². The van der Waals surface area contributed by atoms with Gasteiger partial charge in [-0.15, -0.1) is 0 Å². The number of aliphatic carboxylic acids is 1. The van der Waals surface area contributed by atoms with Crippen molar-refractivity contribution in [1.82, 2.24) is 5.32 Å². The van der Waals surface area contributed by atoms with Crippen LogP contribution in [-0.4, -0.2) is 36.1 Å². The van der Waals surface area contributed by atoms with Gasteiger partial charge in [-0.25, -0.2) is 0 Å². The van der Waals surface area contributed by atoms with Crippen LogP contribution >= 0.6 is 0 Å². The molecule has 1 aromatic rings. The van der Waals surface area contributed by atoms with E-state index in [1.807, 2.05) is 30.3 Å². The van der Waals surface area contributed by atoms with Crippen molar-refractivity contribution in [2.24, 2.45) is 0 Å². The molecule has 2 N–H and O–H groups in total. The molecule has 1 aliphatic heterocycles. The number of amides is 1. The number of nitrogens with zero attached hydrogens (tertiary/aromatic N) is 1. The van der Waals surface area contributed by atoms with Gasteiger partial charge in [0, 0.05) is 18.7 Å². The number of para-hydroxylation sites is 1. The van der Waals surface area contributed by atoms with Crippen molar-refractivity contribution >= 4 is 17.6 Å².